The smallest absolute Gasteiger partial charge is 0.376 e. The zero-order valence-corrected chi connectivity index (χ0v) is 9.52. The normalized spacial score (nSPS) is 12.0. The van der Waals surface area contributed by atoms with E-state index in [-0.39, 0.29) is 18.5 Å². The molecule has 6 nitrogen and oxygen atoms in total. The van der Waals surface area contributed by atoms with E-state index in [2.05, 4.69) is 20.0 Å². The van der Waals surface area contributed by atoms with Crippen molar-refractivity contribution in [3.05, 3.63) is 17.6 Å². The van der Waals surface area contributed by atoms with E-state index >= 15 is 0 Å². The molecule has 1 rings (SSSR count). The highest BCUT2D eigenvalue weighted by molar-refractivity contribution is 5.85. The van der Waals surface area contributed by atoms with Crippen LogP contribution in [0.5, 0.6) is 0 Å². The first-order valence-corrected chi connectivity index (χ1v) is 4.88. The van der Waals surface area contributed by atoms with Gasteiger partial charge in [-0.3, -0.25) is 0 Å². The van der Waals surface area contributed by atoms with Crippen LogP contribution in [-0.4, -0.2) is 40.8 Å². The monoisotopic (exact) mass is 225 g/mol. The maximum atomic E-state index is 11.2. The number of carbonyl (C=O) groups is 1. The van der Waals surface area contributed by atoms with Crippen molar-refractivity contribution in [3.8, 4) is 0 Å². The van der Waals surface area contributed by atoms with Crippen molar-refractivity contribution in [1.82, 2.24) is 9.97 Å². The molecule has 0 radical (unpaired) electrons. The minimum atomic E-state index is -0.580. The largest absolute Gasteiger partial charge is 0.463 e. The Labute approximate surface area is 93.7 Å². The summed E-state index contributed by atoms with van der Waals surface area (Å²) in [6.07, 6.45) is 0. The summed E-state index contributed by atoms with van der Waals surface area (Å²) in [6, 6.07) is 1.55. The third-order valence-electron chi connectivity index (χ3n) is 1.89. The first-order chi connectivity index (χ1) is 7.56. The van der Waals surface area contributed by atoms with Gasteiger partial charge in [0.15, 0.2) is 0 Å². The molecule has 0 saturated heterocycles. The van der Waals surface area contributed by atoms with Gasteiger partial charge >= 0.3 is 5.97 Å². The number of aromatic nitrogens is 2. The van der Waals surface area contributed by atoms with Crippen LogP contribution in [0, 0.1) is 6.92 Å². The molecule has 1 aromatic heterocycles. The fourth-order valence-electron chi connectivity index (χ4n) is 1.12. The van der Waals surface area contributed by atoms with Crippen molar-refractivity contribution in [2.75, 3.05) is 19.0 Å². The van der Waals surface area contributed by atoms with Crippen LogP contribution in [0.4, 0.5) is 5.82 Å². The molecule has 0 aliphatic heterocycles. The maximum absolute atomic E-state index is 11.2. The summed E-state index contributed by atoms with van der Waals surface area (Å²) < 4.78 is 4.54. The number of aliphatic hydroxyl groups is 1. The lowest BCUT2D eigenvalue weighted by Gasteiger charge is -2.12. The number of carbonyl (C=O) groups excluding carboxylic acids is 1. The zero-order chi connectivity index (χ0) is 12.1. The van der Waals surface area contributed by atoms with Gasteiger partial charge in [-0.1, -0.05) is 0 Å². The standard InChI is InChI=1S/C10H15N3O3/c1-6-4-8(11-7(2)5-14)13-9(12-6)10(15)16-3/h4,7,14H,5H2,1-3H3,(H,11,12,13). The summed E-state index contributed by atoms with van der Waals surface area (Å²) in [6.45, 7) is 3.54. The van der Waals surface area contributed by atoms with E-state index in [1.165, 1.54) is 7.11 Å². The van der Waals surface area contributed by atoms with Gasteiger partial charge in [0.05, 0.1) is 13.7 Å². The highest BCUT2D eigenvalue weighted by Gasteiger charge is 2.12. The quantitative estimate of drug-likeness (QED) is 0.720. The number of anilines is 1. The molecule has 0 bridgehead atoms. The second-order valence-electron chi connectivity index (χ2n) is 3.44. The molecule has 0 spiro atoms. The van der Waals surface area contributed by atoms with Gasteiger partial charge in [0.2, 0.25) is 5.82 Å². The Morgan fingerprint density at radius 3 is 2.88 bits per heavy atom. The third kappa shape index (κ3) is 3.16. The van der Waals surface area contributed by atoms with E-state index in [9.17, 15) is 4.79 Å². The van der Waals surface area contributed by atoms with Crippen molar-refractivity contribution in [2.24, 2.45) is 0 Å². The van der Waals surface area contributed by atoms with E-state index in [4.69, 9.17) is 5.11 Å². The number of ether oxygens (including phenoxy) is 1. The van der Waals surface area contributed by atoms with Crippen LogP contribution in [0.25, 0.3) is 0 Å². The summed E-state index contributed by atoms with van der Waals surface area (Å²) in [7, 11) is 1.28. The number of nitrogens with one attached hydrogen (secondary N) is 1. The lowest BCUT2D eigenvalue weighted by Crippen LogP contribution is -2.21. The summed E-state index contributed by atoms with van der Waals surface area (Å²) in [5.74, 6) is -0.0759. The Balaban J connectivity index is 2.94. The highest BCUT2D eigenvalue weighted by Crippen LogP contribution is 2.08. The van der Waals surface area contributed by atoms with Crippen molar-refractivity contribution in [2.45, 2.75) is 19.9 Å². The minimum absolute atomic E-state index is 0.00939. The van der Waals surface area contributed by atoms with Gasteiger partial charge in [-0.15, -0.1) is 0 Å². The van der Waals surface area contributed by atoms with Gasteiger partial charge in [0, 0.05) is 17.8 Å². The predicted molar refractivity (Wildman–Crippen MR) is 58.3 cm³/mol. The second kappa shape index (κ2) is 5.41. The molecule has 0 saturated carbocycles. The average molecular weight is 225 g/mol. The molecule has 1 unspecified atom stereocenters. The van der Waals surface area contributed by atoms with Gasteiger partial charge in [0.1, 0.15) is 5.82 Å². The number of esters is 1. The van der Waals surface area contributed by atoms with Crippen LogP contribution >= 0.6 is 0 Å². The van der Waals surface area contributed by atoms with Crippen LogP contribution in [0.1, 0.15) is 23.2 Å². The number of aryl methyl sites for hydroxylation is 1. The molecular weight excluding hydrogens is 210 g/mol. The van der Waals surface area contributed by atoms with Crippen LogP contribution < -0.4 is 5.32 Å². The molecule has 88 valence electrons. The number of methoxy groups -OCH3 is 1. The molecule has 6 heteroatoms. The molecule has 0 aromatic carbocycles. The number of hydrogen-bond donors (Lipinski definition) is 2. The van der Waals surface area contributed by atoms with Crippen molar-refractivity contribution < 1.29 is 14.6 Å². The Hall–Kier alpha value is -1.69. The van der Waals surface area contributed by atoms with Gasteiger partial charge in [-0.05, 0) is 13.8 Å². The zero-order valence-electron chi connectivity index (χ0n) is 9.52. The van der Waals surface area contributed by atoms with Gasteiger partial charge in [-0.2, -0.15) is 0 Å². The number of nitrogens with zero attached hydrogens (tertiary/aromatic N) is 2. The lowest BCUT2D eigenvalue weighted by molar-refractivity contribution is 0.0586. The van der Waals surface area contributed by atoms with E-state index in [0.717, 1.165) is 0 Å². The fourth-order valence-corrected chi connectivity index (χ4v) is 1.12. The highest BCUT2D eigenvalue weighted by atomic mass is 16.5. The molecule has 2 N–H and O–H groups in total. The molecule has 0 fully saturated rings. The molecule has 0 aliphatic rings. The van der Waals surface area contributed by atoms with E-state index in [0.29, 0.717) is 11.5 Å². The predicted octanol–water partition coefficient (Wildman–Crippen LogP) is 0.364. The van der Waals surface area contributed by atoms with Crippen LogP contribution in [0.15, 0.2) is 6.07 Å². The number of rotatable bonds is 4. The van der Waals surface area contributed by atoms with Gasteiger partial charge < -0.3 is 15.2 Å². The number of aliphatic hydroxyl groups excluding tert-OH is 1. The minimum Gasteiger partial charge on any atom is -0.463 e. The van der Waals surface area contributed by atoms with Crippen molar-refractivity contribution in [1.29, 1.82) is 0 Å². The molecule has 16 heavy (non-hydrogen) atoms. The van der Waals surface area contributed by atoms with E-state index in [1.807, 2.05) is 0 Å². The summed E-state index contributed by atoms with van der Waals surface area (Å²) in [5.41, 5.74) is 0.656. The van der Waals surface area contributed by atoms with Crippen LogP contribution in [-0.2, 0) is 4.74 Å². The third-order valence-corrected chi connectivity index (χ3v) is 1.89. The van der Waals surface area contributed by atoms with Gasteiger partial charge in [0.25, 0.3) is 0 Å². The SMILES string of the molecule is COC(=O)c1nc(C)cc(NC(C)CO)n1. The van der Waals surface area contributed by atoms with Gasteiger partial charge in [-0.25, -0.2) is 14.8 Å². The van der Waals surface area contributed by atoms with Crippen LogP contribution in [0.3, 0.4) is 0 Å². The number of hydrogen-bond acceptors (Lipinski definition) is 6. The Morgan fingerprint density at radius 2 is 2.31 bits per heavy atom. The Kier molecular flexibility index (Phi) is 4.19. The molecule has 1 atom stereocenters. The molecule has 1 heterocycles. The molecule has 0 aliphatic carbocycles. The summed E-state index contributed by atoms with van der Waals surface area (Å²) in [5, 5.41) is 11.8. The Bertz CT molecular complexity index is 382. The van der Waals surface area contributed by atoms with E-state index in [1.54, 1.807) is 19.9 Å². The van der Waals surface area contributed by atoms with E-state index < -0.39 is 5.97 Å². The second-order valence-corrected chi connectivity index (χ2v) is 3.44. The average Bonchev–Trinajstić information content (AvgIpc) is 2.27. The van der Waals surface area contributed by atoms with Crippen molar-refractivity contribution >= 4 is 11.8 Å². The molecule has 1 aromatic rings. The topological polar surface area (TPSA) is 84.3 Å². The van der Waals surface area contributed by atoms with Crippen LogP contribution in [0.2, 0.25) is 0 Å². The Morgan fingerprint density at radius 1 is 1.62 bits per heavy atom. The molecule has 0 amide bonds. The fraction of sp³-hybridized carbons (Fsp3) is 0.500. The lowest BCUT2D eigenvalue weighted by atomic mass is 10.3. The van der Waals surface area contributed by atoms with Crippen molar-refractivity contribution in [3.63, 3.8) is 0 Å². The summed E-state index contributed by atoms with van der Waals surface area (Å²) >= 11 is 0. The first kappa shape index (κ1) is 12.4. The maximum Gasteiger partial charge on any atom is 0.376 e. The summed E-state index contributed by atoms with van der Waals surface area (Å²) in [4.78, 5) is 19.2. The first-order valence-electron chi connectivity index (χ1n) is 4.88. The molecular formula is C10H15N3O3.